The van der Waals surface area contributed by atoms with Crippen LogP contribution >= 0.6 is 0 Å². The van der Waals surface area contributed by atoms with E-state index < -0.39 is 12.0 Å². The van der Waals surface area contributed by atoms with Crippen molar-refractivity contribution < 1.29 is 23.9 Å². The Kier molecular flexibility index (Phi) is 13.2. The number of hydrogen-bond acceptors (Lipinski definition) is 5. The lowest BCUT2D eigenvalue weighted by Crippen LogP contribution is -2.57. The topological polar surface area (TPSA) is 84.9 Å². The van der Waals surface area contributed by atoms with Gasteiger partial charge in [-0.2, -0.15) is 0 Å². The van der Waals surface area contributed by atoms with Crippen molar-refractivity contribution in [2.24, 2.45) is 0 Å². The summed E-state index contributed by atoms with van der Waals surface area (Å²) in [6, 6.07) is 6.05. The fourth-order valence-corrected chi connectivity index (χ4v) is 4.29. The molecule has 1 saturated heterocycles. The van der Waals surface area contributed by atoms with Gasteiger partial charge in [-0.05, 0) is 38.5 Å². The van der Waals surface area contributed by atoms with Gasteiger partial charge < -0.3 is 19.7 Å². The first-order valence-electron chi connectivity index (χ1n) is 13.4. The minimum absolute atomic E-state index is 0.0146. The van der Waals surface area contributed by atoms with E-state index in [1.807, 2.05) is 13.8 Å². The molecule has 0 aromatic heterocycles. The summed E-state index contributed by atoms with van der Waals surface area (Å²) in [4.78, 5) is 39.6. The average molecular weight is 489 g/mol. The molecule has 1 aromatic rings. The molecule has 35 heavy (non-hydrogen) atoms. The molecule has 1 fully saturated rings. The number of rotatable bonds is 16. The van der Waals surface area contributed by atoms with Gasteiger partial charge in [0.05, 0.1) is 19.1 Å². The molecule has 1 N–H and O–H groups in total. The van der Waals surface area contributed by atoms with E-state index in [0.29, 0.717) is 31.0 Å². The predicted octanol–water partition coefficient (Wildman–Crippen LogP) is 5.27. The largest absolute Gasteiger partial charge is 0.491 e. The number of carbonyl (C=O) groups excluding carboxylic acids is 3. The third-order valence-corrected chi connectivity index (χ3v) is 6.17. The molecule has 1 aromatic carbocycles. The van der Waals surface area contributed by atoms with Crippen LogP contribution in [0.25, 0.3) is 0 Å². The Balaban J connectivity index is 1.75. The SMILES string of the molecule is CCCCCCCCCCCCOC(=O)CC1C(=O)NCCN1C(=O)c1cccc(OC(C)C)c1. The summed E-state index contributed by atoms with van der Waals surface area (Å²) >= 11 is 0. The van der Waals surface area contributed by atoms with Gasteiger partial charge in [-0.3, -0.25) is 14.4 Å². The maximum absolute atomic E-state index is 13.2. The smallest absolute Gasteiger partial charge is 0.308 e. The number of nitrogens with zero attached hydrogens (tertiary/aromatic N) is 1. The average Bonchev–Trinajstić information content (AvgIpc) is 2.83. The molecular weight excluding hydrogens is 444 g/mol. The summed E-state index contributed by atoms with van der Waals surface area (Å²) in [5.41, 5.74) is 0.432. The molecule has 1 aliphatic heterocycles. The van der Waals surface area contributed by atoms with Crippen molar-refractivity contribution >= 4 is 17.8 Å². The zero-order valence-corrected chi connectivity index (χ0v) is 21.9. The number of ether oxygens (including phenoxy) is 2. The third kappa shape index (κ3) is 10.7. The highest BCUT2D eigenvalue weighted by molar-refractivity contribution is 5.99. The Morgan fingerprint density at radius 2 is 1.69 bits per heavy atom. The molecule has 0 radical (unpaired) electrons. The summed E-state index contributed by atoms with van der Waals surface area (Å²) < 4.78 is 11.1. The van der Waals surface area contributed by atoms with Crippen molar-refractivity contribution in [2.45, 2.75) is 104 Å². The Hall–Kier alpha value is -2.57. The molecule has 0 saturated carbocycles. The van der Waals surface area contributed by atoms with Crippen LogP contribution in [0.1, 0.15) is 102 Å². The van der Waals surface area contributed by atoms with Gasteiger partial charge in [0, 0.05) is 18.7 Å². The van der Waals surface area contributed by atoms with Crippen molar-refractivity contribution in [1.29, 1.82) is 0 Å². The van der Waals surface area contributed by atoms with Crippen LogP contribution in [-0.2, 0) is 14.3 Å². The van der Waals surface area contributed by atoms with Crippen LogP contribution in [0.5, 0.6) is 5.75 Å². The first-order valence-corrected chi connectivity index (χ1v) is 13.4. The summed E-state index contributed by atoms with van der Waals surface area (Å²) in [7, 11) is 0. The first kappa shape index (κ1) is 28.7. The number of amides is 2. The molecule has 196 valence electrons. The van der Waals surface area contributed by atoms with Gasteiger partial charge in [0.25, 0.3) is 5.91 Å². The van der Waals surface area contributed by atoms with E-state index in [1.54, 1.807) is 24.3 Å². The van der Waals surface area contributed by atoms with E-state index in [9.17, 15) is 14.4 Å². The van der Waals surface area contributed by atoms with Gasteiger partial charge >= 0.3 is 5.97 Å². The second kappa shape index (κ2) is 16.2. The van der Waals surface area contributed by atoms with E-state index >= 15 is 0 Å². The van der Waals surface area contributed by atoms with Crippen LogP contribution in [0, 0.1) is 0 Å². The minimum Gasteiger partial charge on any atom is -0.491 e. The highest BCUT2D eigenvalue weighted by atomic mass is 16.5. The molecule has 0 spiro atoms. The number of hydrogen-bond donors (Lipinski definition) is 1. The summed E-state index contributed by atoms with van der Waals surface area (Å²) in [6.07, 6.45) is 11.9. The maximum Gasteiger partial charge on any atom is 0.308 e. The molecule has 0 bridgehead atoms. The van der Waals surface area contributed by atoms with Crippen molar-refractivity contribution in [3.63, 3.8) is 0 Å². The maximum atomic E-state index is 13.2. The second-order valence-corrected chi connectivity index (χ2v) is 9.61. The molecule has 7 nitrogen and oxygen atoms in total. The van der Waals surface area contributed by atoms with Crippen molar-refractivity contribution in [3.8, 4) is 5.75 Å². The van der Waals surface area contributed by atoms with E-state index in [1.165, 1.54) is 49.8 Å². The van der Waals surface area contributed by atoms with E-state index in [4.69, 9.17) is 9.47 Å². The van der Waals surface area contributed by atoms with Gasteiger partial charge in [-0.15, -0.1) is 0 Å². The first-order chi connectivity index (χ1) is 16.9. The fraction of sp³-hybridized carbons (Fsp3) is 0.679. The van der Waals surface area contributed by atoms with Crippen molar-refractivity contribution in [3.05, 3.63) is 29.8 Å². The molecule has 1 aliphatic rings. The van der Waals surface area contributed by atoms with Gasteiger partial charge in [0.15, 0.2) is 0 Å². The number of nitrogens with one attached hydrogen (secondary N) is 1. The Morgan fingerprint density at radius 1 is 1.03 bits per heavy atom. The predicted molar refractivity (Wildman–Crippen MR) is 137 cm³/mol. The zero-order valence-electron chi connectivity index (χ0n) is 21.9. The highest BCUT2D eigenvalue weighted by Gasteiger charge is 2.35. The van der Waals surface area contributed by atoms with Gasteiger partial charge in [0.2, 0.25) is 5.91 Å². The number of piperazine rings is 1. The third-order valence-electron chi connectivity index (χ3n) is 6.17. The molecule has 1 atom stereocenters. The summed E-state index contributed by atoms with van der Waals surface area (Å²) in [5.74, 6) is -0.464. The van der Waals surface area contributed by atoms with Gasteiger partial charge in [-0.1, -0.05) is 70.8 Å². The number of carbonyl (C=O) groups is 3. The van der Waals surface area contributed by atoms with Gasteiger partial charge in [0.1, 0.15) is 11.8 Å². The lowest BCUT2D eigenvalue weighted by Gasteiger charge is -2.34. The molecule has 1 heterocycles. The van der Waals surface area contributed by atoms with Crippen molar-refractivity contribution in [1.82, 2.24) is 10.2 Å². The van der Waals surface area contributed by atoms with Crippen LogP contribution in [-0.4, -0.2) is 54.5 Å². The standard InChI is InChI=1S/C28H44N2O5/c1-4-5-6-7-8-9-10-11-12-13-19-34-26(31)21-25-27(32)29-17-18-30(25)28(33)23-15-14-16-24(20-23)35-22(2)3/h14-16,20,22,25H,4-13,17-19,21H2,1-3H3,(H,29,32). The Labute approximate surface area is 210 Å². The van der Waals surface area contributed by atoms with Crippen molar-refractivity contribution in [2.75, 3.05) is 19.7 Å². The molecule has 2 amide bonds. The highest BCUT2D eigenvalue weighted by Crippen LogP contribution is 2.20. The Bertz CT molecular complexity index is 795. The molecule has 2 rings (SSSR count). The molecular formula is C28H44N2O5. The number of unbranched alkanes of at least 4 members (excludes halogenated alkanes) is 9. The lowest BCUT2D eigenvalue weighted by atomic mass is 10.1. The van der Waals surface area contributed by atoms with Crippen LogP contribution < -0.4 is 10.1 Å². The lowest BCUT2D eigenvalue weighted by molar-refractivity contribution is -0.147. The second-order valence-electron chi connectivity index (χ2n) is 9.61. The molecule has 1 unspecified atom stereocenters. The quantitative estimate of drug-likeness (QED) is 0.253. The Morgan fingerprint density at radius 3 is 2.34 bits per heavy atom. The molecule has 7 heteroatoms. The van der Waals surface area contributed by atoms with Crippen LogP contribution in [0.4, 0.5) is 0 Å². The van der Waals surface area contributed by atoms with E-state index in [2.05, 4.69) is 12.2 Å². The van der Waals surface area contributed by atoms with E-state index in [0.717, 1.165) is 19.3 Å². The van der Waals surface area contributed by atoms with Crippen LogP contribution in [0.15, 0.2) is 24.3 Å². The summed E-state index contributed by atoms with van der Waals surface area (Å²) in [5, 5.41) is 2.76. The monoisotopic (exact) mass is 488 g/mol. The van der Waals surface area contributed by atoms with E-state index in [-0.39, 0.29) is 24.3 Å². The molecule has 0 aliphatic carbocycles. The van der Waals surface area contributed by atoms with Crippen LogP contribution in [0.3, 0.4) is 0 Å². The summed E-state index contributed by atoms with van der Waals surface area (Å²) in [6.45, 7) is 7.12. The minimum atomic E-state index is -0.869. The number of esters is 1. The fourth-order valence-electron chi connectivity index (χ4n) is 4.29. The van der Waals surface area contributed by atoms with Crippen LogP contribution in [0.2, 0.25) is 0 Å². The normalized spacial score (nSPS) is 15.7. The zero-order chi connectivity index (χ0) is 25.5. The van der Waals surface area contributed by atoms with Gasteiger partial charge in [-0.25, -0.2) is 0 Å². The number of benzene rings is 1.